The van der Waals surface area contributed by atoms with Crippen molar-refractivity contribution in [1.82, 2.24) is 10.3 Å². The summed E-state index contributed by atoms with van der Waals surface area (Å²) in [4.78, 5) is 7.04. The summed E-state index contributed by atoms with van der Waals surface area (Å²) in [6.45, 7) is 7.56. The zero-order valence-corrected chi connectivity index (χ0v) is 11.7. The van der Waals surface area contributed by atoms with Gasteiger partial charge < -0.3 is 10.2 Å². The van der Waals surface area contributed by atoms with Crippen molar-refractivity contribution in [2.75, 3.05) is 18.0 Å². The number of hydrogen-bond acceptors (Lipinski definition) is 3. The molecule has 1 N–H and O–H groups in total. The van der Waals surface area contributed by atoms with Gasteiger partial charge in [0.05, 0.1) is 0 Å². The van der Waals surface area contributed by atoms with Crippen molar-refractivity contribution in [3.63, 3.8) is 0 Å². The van der Waals surface area contributed by atoms with Gasteiger partial charge in [0.25, 0.3) is 0 Å². The van der Waals surface area contributed by atoms with Crippen molar-refractivity contribution in [2.45, 2.75) is 52.1 Å². The number of rotatable bonds is 4. The smallest absolute Gasteiger partial charge is 0.129 e. The van der Waals surface area contributed by atoms with Gasteiger partial charge in [-0.1, -0.05) is 19.8 Å². The van der Waals surface area contributed by atoms with Gasteiger partial charge in [0, 0.05) is 25.3 Å². The van der Waals surface area contributed by atoms with Crippen LogP contribution < -0.4 is 10.2 Å². The number of nitrogens with one attached hydrogen (secondary N) is 1. The molecule has 1 atom stereocenters. The van der Waals surface area contributed by atoms with Crippen molar-refractivity contribution in [3.05, 3.63) is 23.9 Å². The van der Waals surface area contributed by atoms with Crippen molar-refractivity contribution < 1.29 is 0 Å². The minimum Gasteiger partial charge on any atom is -0.354 e. The van der Waals surface area contributed by atoms with Crippen LogP contribution in [0.1, 0.15) is 45.1 Å². The highest BCUT2D eigenvalue weighted by Gasteiger charge is 2.18. The number of hydrogen-bond donors (Lipinski definition) is 1. The molecular formula is C15H25N3. The van der Waals surface area contributed by atoms with E-state index in [2.05, 4.69) is 41.2 Å². The van der Waals surface area contributed by atoms with Gasteiger partial charge in [-0.05, 0) is 44.0 Å². The molecule has 1 unspecified atom stereocenters. The largest absolute Gasteiger partial charge is 0.354 e. The molecule has 0 aliphatic carbocycles. The van der Waals surface area contributed by atoms with Gasteiger partial charge >= 0.3 is 0 Å². The fourth-order valence-corrected chi connectivity index (χ4v) is 2.61. The van der Waals surface area contributed by atoms with E-state index in [1.165, 1.54) is 31.2 Å². The Kier molecular flexibility index (Phi) is 5.00. The highest BCUT2D eigenvalue weighted by molar-refractivity contribution is 5.42. The Morgan fingerprint density at radius 3 is 3.11 bits per heavy atom. The lowest BCUT2D eigenvalue weighted by molar-refractivity contribution is 0.610. The first-order valence-electron chi connectivity index (χ1n) is 7.23. The van der Waals surface area contributed by atoms with E-state index in [4.69, 9.17) is 0 Å². The third-order valence-corrected chi connectivity index (χ3v) is 3.74. The molecule has 1 fully saturated rings. The van der Waals surface area contributed by atoms with Gasteiger partial charge in [0.2, 0.25) is 0 Å². The number of nitrogens with zero attached hydrogens (tertiary/aromatic N) is 2. The van der Waals surface area contributed by atoms with E-state index in [0.29, 0.717) is 6.04 Å². The Morgan fingerprint density at radius 1 is 1.39 bits per heavy atom. The maximum absolute atomic E-state index is 4.56. The first-order valence-corrected chi connectivity index (χ1v) is 7.23. The van der Waals surface area contributed by atoms with Crippen molar-refractivity contribution in [1.29, 1.82) is 0 Å². The van der Waals surface area contributed by atoms with E-state index in [9.17, 15) is 0 Å². The molecule has 1 saturated heterocycles. The van der Waals surface area contributed by atoms with Crippen LogP contribution in [-0.4, -0.2) is 24.1 Å². The van der Waals surface area contributed by atoms with E-state index >= 15 is 0 Å². The van der Waals surface area contributed by atoms with E-state index in [-0.39, 0.29) is 0 Å². The van der Waals surface area contributed by atoms with Crippen LogP contribution >= 0.6 is 0 Å². The third-order valence-electron chi connectivity index (χ3n) is 3.74. The molecule has 0 aromatic carbocycles. The van der Waals surface area contributed by atoms with E-state index in [1.807, 2.05) is 6.20 Å². The van der Waals surface area contributed by atoms with Gasteiger partial charge in [-0.2, -0.15) is 0 Å². The molecule has 2 rings (SSSR count). The normalized spacial score (nSPS) is 20.8. The SMILES string of the molecule is CCNCc1ccnc(N2CCCCCC2C)c1. The van der Waals surface area contributed by atoms with Crippen molar-refractivity contribution in [3.8, 4) is 0 Å². The highest BCUT2D eigenvalue weighted by Crippen LogP contribution is 2.22. The maximum atomic E-state index is 4.56. The van der Waals surface area contributed by atoms with Crippen LogP contribution in [0, 0.1) is 0 Å². The zero-order valence-electron chi connectivity index (χ0n) is 11.7. The van der Waals surface area contributed by atoms with Gasteiger partial charge in [0.1, 0.15) is 5.82 Å². The molecule has 0 amide bonds. The second kappa shape index (κ2) is 6.74. The first kappa shape index (κ1) is 13.3. The molecule has 100 valence electrons. The van der Waals surface area contributed by atoms with E-state index < -0.39 is 0 Å². The summed E-state index contributed by atoms with van der Waals surface area (Å²) in [5, 5.41) is 3.37. The van der Waals surface area contributed by atoms with Crippen LogP contribution in [0.4, 0.5) is 5.82 Å². The van der Waals surface area contributed by atoms with Gasteiger partial charge in [-0.15, -0.1) is 0 Å². The molecule has 1 aromatic heterocycles. The summed E-state index contributed by atoms with van der Waals surface area (Å²) in [6, 6.07) is 4.97. The maximum Gasteiger partial charge on any atom is 0.129 e. The Bertz CT molecular complexity index is 365. The molecule has 0 spiro atoms. The molecule has 3 nitrogen and oxygen atoms in total. The summed E-state index contributed by atoms with van der Waals surface area (Å²) < 4.78 is 0. The minimum atomic E-state index is 0.620. The minimum absolute atomic E-state index is 0.620. The molecule has 1 aromatic rings. The average molecular weight is 247 g/mol. The number of aromatic nitrogens is 1. The van der Waals surface area contributed by atoms with Crippen molar-refractivity contribution >= 4 is 5.82 Å². The molecule has 2 heterocycles. The highest BCUT2D eigenvalue weighted by atomic mass is 15.2. The molecular weight excluding hydrogens is 222 g/mol. The van der Waals surface area contributed by atoms with Gasteiger partial charge in [-0.3, -0.25) is 0 Å². The van der Waals surface area contributed by atoms with Crippen LogP contribution in [0.25, 0.3) is 0 Å². The molecule has 1 aliphatic heterocycles. The predicted octanol–water partition coefficient (Wildman–Crippen LogP) is 2.96. The fourth-order valence-electron chi connectivity index (χ4n) is 2.61. The Hall–Kier alpha value is -1.09. The predicted molar refractivity (Wildman–Crippen MR) is 76.9 cm³/mol. The second-order valence-electron chi connectivity index (χ2n) is 5.19. The molecule has 1 aliphatic rings. The lowest BCUT2D eigenvalue weighted by Gasteiger charge is -2.28. The fraction of sp³-hybridized carbons (Fsp3) is 0.667. The number of pyridine rings is 1. The standard InChI is InChI=1S/C15H25N3/c1-3-16-12-14-8-9-17-15(11-14)18-10-6-4-5-7-13(18)2/h8-9,11,13,16H,3-7,10,12H2,1-2H3. The number of anilines is 1. The van der Waals surface area contributed by atoms with Gasteiger partial charge in [-0.25, -0.2) is 4.98 Å². The summed E-state index contributed by atoms with van der Waals surface area (Å²) >= 11 is 0. The average Bonchev–Trinajstić information content (AvgIpc) is 2.61. The second-order valence-corrected chi connectivity index (χ2v) is 5.19. The summed E-state index contributed by atoms with van der Waals surface area (Å²) in [6.07, 6.45) is 7.24. The van der Waals surface area contributed by atoms with E-state index in [1.54, 1.807) is 0 Å². The van der Waals surface area contributed by atoms with Gasteiger partial charge in [0.15, 0.2) is 0 Å². The molecule has 0 radical (unpaired) electrons. The van der Waals surface area contributed by atoms with Crippen LogP contribution in [0.15, 0.2) is 18.3 Å². The first-order chi connectivity index (χ1) is 8.81. The van der Waals surface area contributed by atoms with Crippen LogP contribution in [0.2, 0.25) is 0 Å². The Morgan fingerprint density at radius 2 is 2.28 bits per heavy atom. The van der Waals surface area contributed by atoms with Crippen LogP contribution in [0.5, 0.6) is 0 Å². The molecule has 0 saturated carbocycles. The third kappa shape index (κ3) is 3.45. The Balaban J connectivity index is 2.10. The van der Waals surface area contributed by atoms with Crippen LogP contribution in [0.3, 0.4) is 0 Å². The summed E-state index contributed by atoms with van der Waals surface area (Å²) in [5.74, 6) is 1.15. The Labute approximate surface area is 111 Å². The molecule has 18 heavy (non-hydrogen) atoms. The quantitative estimate of drug-likeness (QED) is 0.886. The lowest BCUT2D eigenvalue weighted by Crippen LogP contribution is -2.33. The zero-order chi connectivity index (χ0) is 12.8. The van der Waals surface area contributed by atoms with E-state index in [0.717, 1.165) is 25.5 Å². The summed E-state index contributed by atoms with van der Waals surface area (Å²) in [7, 11) is 0. The van der Waals surface area contributed by atoms with Crippen molar-refractivity contribution in [2.24, 2.45) is 0 Å². The lowest BCUT2D eigenvalue weighted by atomic mass is 10.1. The topological polar surface area (TPSA) is 28.2 Å². The monoisotopic (exact) mass is 247 g/mol. The molecule has 0 bridgehead atoms. The van der Waals surface area contributed by atoms with Crippen LogP contribution in [-0.2, 0) is 6.54 Å². The summed E-state index contributed by atoms with van der Waals surface area (Å²) in [5.41, 5.74) is 1.33. The molecule has 3 heteroatoms.